The van der Waals surface area contributed by atoms with Crippen LogP contribution in [0.5, 0.6) is 0 Å². The van der Waals surface area contributed by atoms with Crippen molar-refractivity contribution in [3.05, 3.63) is 89.6 Å². The number of hydrogen-bond donors (Lipinski definition) is 1. The largest absolute Gasteiger partial charge is 0.310 e. The highest BCUT2D eigenvalue weighted by atomic mass is 16.1. The van der Waals surface area contributed by atoms with Crippen LogP contribution in [0, 0.1) is 6.92 Å². The standard InChI is InChI=1S/C23H19N3O/c1-15-22-20(19-13-7-9-16-8-5-6-12-18(16)19)14-21(27)24-23(22)26(25-15)17-10-3-2-4-11-17/h2-13,20H,14H2,1H3,(H,24,27)/t20-/m1/s1. The van der Waals surface area contributed by atoms with Gasteiger partial charge in [0.05, 0.1) is 11.4 Å². The lowest BCUT2D eigenvalue weighted by molar-refractivity contribution is -0.116. The molecule has 3 aromatic carbocycles. The Morgan fingerprint density at radius 3 is 2.56 bits per heavy atom. The summed E-state index contributed by atoms with van der Waals surface area (Å²) in [6.45, 7) is 2.02. The highest BCUT2D eigenvalue weighted by Gasteiger charge is 2.33. The van der Waals surface area contributed by atoms with E-state index in [1.807, 2.05) is 48.0 Å². The summed E-state index contributed by atoms with van der Waals surface area (Å²) in [7, 11) is 0. The van der Waals surface area contributed by atoms with E-state index in [0.29, 0.717) is 6.42 Å². The van der Waals surface area contributed by atoms with E-state index in [0.717, 1.165) is 22.8 Å². The van der Waals surface area contributed by atoms with Gasteiger partial charge in [0, 0.05) is 17.9 Å². The van der Waals surface area contributed by atoms with E-state index in [1.165, 1.54) is 16.3 Å². The maximum Gasteiger partial charge on any atom is 0.226 e. The fourth-order valence-corrected chi connectivity index (χ4v) is 4.12. The smallest absolute Gasteiger partial charge is 0.226 e. The minimum atomic E-state index is -0.00249. The molecule has 1 atom stereocenters. The van der Waals surface area contributed by atoms with E-state index in [1.54, 1.807) is 0 Å². The Balaban J connectivity index is 1.74. The zero-order valence-corrected chi connectivity index (χ0v) is 15.0. The molecule has 5 rings (SSSR count). The van der Waals surface area contributed by atoms with Gasteiger partial charge in [-0.2, -0.15) is 5.10 Å². The Bertz CT molecular complexity index is 1160. The van der Waals surface area contributed by atoms with Gasteiger partial charge in [0.15, 0.2) is 0 Å². The van der Waals surface area contributed by atoms with Gasteiger partial charge in [-0.15, -0.1) is 0 Å². The molecule has 0 saturated heterocycles. The van der Waals surface area contributed by atoms with Crippen LogP contribution in [-0.2, 0) is 4.79 Å². The number of hydrogen-bond acceptors (Lipinski definition) is 2. The molecule has 0 radical (unpaired) electrons. The minimum Gasteiger partial charge on any atom is -0.310 e. The number of nitrogens with one attached hydrogen (secondary N) is 1. The first-order chi connectivity index (χ1) is 13.2. The molecule has 1 aliphatic heterocycles. The maximum absolute atomic E-state index is 12.6. The summed E-state index contributed by atoms with van der Waals surface area (Å²) in [6.07, 6.45) is 0.433. The first-order valence-electron chi connectivity index (χ1n) is 9.15. The molecule has 0 unspecified atom stereocenters. The first kappa shape index (κ1) is 15.8. The van der Waals surface area contributed by atoms with Gasteiger partial charge in [-0.1, -0.05) is 60.7 Å². The molecule has 4 nitrogen and oxygen atoms in total. The second-order valence-corrected chi connectivity index (χ2v) is 6.97. The summed E-state index contributed by atoms with van der Waals surface area (Å²) >= 11 is 0. The number of rotatable bonds is 2. The Labute approximate surface area is 157 Å². The molecule has 0 fully saturated rings. The summed E-state index contributed by atoms with van der Waals surface area (Å²) < 4.78 is 1.85. The third-order valence-corrected chi connectivity index (χ3v) is 5.30. The van der Waals surface area contributed by atoms with E-state index >= 15 is 0 Å². The second kappa shape index (κ2) is 6.09. The topological polar surface area (TPSA) is 46.9 Å². The normalized spacial score (nSPS) is 16.2. The molecule has 1 N–H and O–H groups in total. The lowest BCUT2D eigenvalue weighted by atomic mass is 9.83. The van der Waals surface area contributed by atoms with E-state index < -0.39 is 0 Å². The number of fused-ring (bicyclic) bond motifs is 2. The molecule has 4 heteroatoms. The zero-order valence-electron chi connectivity index (χ0n) is 15.0. The van der Waals surface area contributed by atoms with Crippen molar-refractivity contribution in [3.63, 3.8) is 0 Å². The highest BCUT2D eigenvalue weighted by Crippen LogP contribution is 2.42. The Morgan fingerprint density at radius 2 is 1.70 bits per heavy atom. The van der Waals surface area contributed by atoms with Crippen molar-refractivity contribution >= 4 is 22.5 Å². The third kappa shape index (κ3) is 2.53. The Kier molecular flexibility index (Phi) is 3.57. The number of anilines is 1. The van der Waals surface area contributed by atoms with Gasteiger partial charge in [-0.25, -0.2) is 4.68 Å². The monoisotopic (exact) mass is 353 g/mol. The quantitative estimate of drug-likeness (QED) is 0.562. The van der Waals surface area contributed by atoms with E-state index in [4.69, 9.17) is 5.10 Å². The number of carbonyl (C=O) groups is 1. The average Bonchev–Trinajstić information content (AvgIpc) is 3.04. The van der Waals surface area contributed by atoms with E-state index in [-0.39, 0.29) is 11.8 Å². The molecule has 132 valence electrons. The van der Waals surface area contributed by atoms with Gasteiger partial charge in [-0.3, -0.25) is 4.79 Å². The van der Waals surface area contributed by atoms with Crippen LogP contribution in [0.4, 0.5) is 5.82 Å². The first-order valence-corrected chi connectivity index (χ1v) is 9.15. The number of carbonyl (C=O) groups excluding carboxylic acids is 1. The van der Waals surface area contributed by atoms with Crippen LogP contribution in [0.3, 0.4) is 0 Å². The van der Waals surface area contributed by atoms with Crippen molar-refractivity contribution in [3.8, 4) is 5.69 Å². The van der Waals surface area contributed by atoms with Crippen LogP contribution in [0.25, 0.3) is 16.5 Å². The molecule has 2 heterocycles. The zero-order chi connectivity index (χ0) is 18.4. The molecule has 1 aromatic heterocycles. The summed E-state index contributed by atoms with van der Waals surface area (Å²) in [5.74, 6) is 0.808. The average molecular weight is 353 g/mol. The molecule has 27 heavy (non-hydrogen) atoms. The lowest BCUT2D eigenvalue weighted by Crippen LogP contribution is -2.25. The predicted molar refractivity (Wildman–Crippen MR) is 107 cm³/mol. The van der Waals surface area contributed by atoms with Gasteiger partial charge in [0.2, 0.25) is 5.91 Å². The summed E-state index contributed by atoms with van der Waals surface area (Å²) in [5, 5.41) is 10.2. The molecule has 0 bridgehead atoms. The second-order valence-electron chi connectivity index (χ2n) is 6.97. The maximum atomic E-state index is 12.6. The van der Waals surface area contributed by atoms with Crippen molar-refractivity contribution in [2.24, 2.45) is 0 Å². The fraction of sp³-hybridized carbons (Fsp3) is 0.130. The minimum absolute atomic E-state index is 0.00249. The van der Waals surface area contributed by atoms with E-state index in [9.17, 15) is 4.79 Å². The summed E-state index contributed by atoms with van der Waals surface area (Å²) in [5.41, 5.74) is 4.18. The van der Waals surface area contributed by atoms with Crippen molar-refractivity contribution in [2.75, 3.05) is 5.32 Å². The predicted octanol–water partition coefficient (Wildman–Crippen LogP) is 4.81. The van der Waals surface area contributed by atoms with E-state index in [2.05, 4.69) is 41.7 Å². The molecule has 0 spiro atoms. The van der Waals surface area contributed by atoms with Gasteiger partial charge in [0.25, 0.3) is 0 Å². The number of aryl methyl sites for hydroxylation is 1. The molecule has 4 aromatic rings. The number of nitrogens with zero attached hydrogens (tertiary/aromatic N) is 2. The fourth-order valence-electron chi connectivity index (χ4n) is 4.12. The number of amides is 1. The highest BCUT2D eigenvalue weighted by molar-refractivity contribution is 5.96. The van der Waals surface area contributed by atoms with Crippen molar-refractivity contribution in [1.29, 1.82) is 0 Å². The van der Waals surface area contributed by atoms with Crippen molar-refractivity contribution in [2.45, 2.75) is 19.3 Å². The van der Waals surface area contributed by atoms with Crippen molar-refractivity contribution < 1.29 is 4.79 Å². The summed E-state index contributed by atoms with van der Waals surface area (Å²) in [6, 6.07) is 24.6. The molecular weight excluding hydrogens is 334 g/mol. The SMILES string of the molecule is Cc1nn(-c2ccccc2)c2c1[C@@H](c1cccc3ccccc13)CC(=O)N2. The van der Waals surface area contributed by atoms with Crippen LogP contribution < -0.4 is 5.32 Å². The van der Waals surface area contributed by atoms with Crippen LogP contribution in [0.2, 0.25) is 0 Å². The molecule has 0 aliphatic carbocycles. The number of para-hydroxylation sites is 1. The van der Waals surface area contributed by atoms with Crippen LogP contribution in [0.15, 0.2) is 72.8 Å². The lowest BCUT2D eigenvalue weighted by Gasteiger charge is -2.25. The summed E-state index contributed by atoms with van der Waals surface area (Å²) in [4.78, 5) is 12.6. The Hall–Kier alpha value is -3.40. The van der Waals surface area contributed by atoms with Crippen molar-refractivity contribution in [1.82, 2.24) is 9.78 Å². The number of aromatic nitrogens is 2. The number of benzene rings is 3. The Morgan fingerprint density at radius 1 is 0.963 bits per heavy atom. The molecular formula is C23H19N3O. The van der Waals surface area contributed by atoms with Gasteiger partial charge in [0.1, 0.15) is 5.82 Å². The molecule has 0 saturated carbocycles. The van der Waals surface area contributed by atoms with Crippen LogP contribution in [0.1, 0.15) is 29.2 Å². The van der Waals surface area contributed by atoms with Gasteiger partial charge < -0.3 is 5.32 Å². The molecule has 1 amide bonds. The van der Waals surface area contributed by atoms with Gasteiger partial charge >= 0.3 is 0 Å². The van der Waals surface area contributed by atoms with Crippen LogP contribution in [-0.4, -0.2) is 15.7 Å². The third-order valence-electron chi connectivity index (χ3n) is 5.30. The van der Waals surface area contributed by atoms with Gasteiger partial charge in [-0.05, 0) is 35.4 Å². The molecule has 1 aliphatic rings. The van der Waals surface area contributed by atoms with Crippen LogP contribution >= 0.6 is 0 Å².